The lowest BCUT2D eigenvalue weighted by Gasteiger charge is -2.11. The maximum atomic E-state index is 6.03. The number of benzene rings is 2. The Kier molecular flexibility index (Phi) is 7.40. The summed E-state index contributed by atoms with van der Waals surface area (Å²) in [5, 5.41) is 3.15. The van der Waals surface area contributed by atoms with Crippen LogP contribution in [0.3, 0.4) is 0 Å². The number of ether oxygens (including phenoxy) is 1. The summed E-state index contributed by atoms with van der Waals surface area (Å²) in [4.78, 5) is 9.00. The van der Waals surface area contributed by atoms with E-state index < -0.39 is 0 Å². The molecule has 138 valence electrons. The van der Waals surface area contributed by atoms with E-state index in [9.17, 15) is 0 Å². The van der Waals surface area contributed by atoms with Crippen LogP contribution in [0.2, 0.25) is 0 Å². The molecule has 2 aromatic carbocycles. The quantitative estimate of drug-likeness (QED) is 0.332. The number of anilines is 1. The van der Waals surface area contributed by atoms with E-state index in [2.05, 4.69) is 25.9 Å². The van der Waals surface area contributed by atoms with Crippen LogP contribution in [-0.4, -0.2) is 29.2 Å². The molecular formula is C19H24IN5O. The zero-order valence-corrected chi connectivity index (χ0v) is 17.3. The lowest BCUT2D eigenvalue weighted by Crippen LogP contribution is -2.24. The maximum Gasteiger partial charge on any atom is 0.193 e. The van der Waals surface area contributed by atoms with Crippen LogP contribution in [-0.2, 0) is 17.9 Å². The standard InChI is InChI=1S/C19H23N5O.HI/c1-14-22-17-9-5-6-10-18(17)24(14)12-11-21-19(20)23-16-8-4-3-7-15(16)13-25-2;/h3-10H,11-13H2,1-2H3,(H3,20,21,23);1H. The van der Waals surface area contributed by atoms with E-state index in [0.717, 1.165) is 34.7 Å². The third-order valence-corrected chi connectivity index (χ3v) is 4.03. The average molecular weight is 465 g/mol. The Hall–Kier alpha value is -2.13. The summed E-state index contributed by atoms with van der Waals surface area (Å²) in [5.41, 5.74) is 10.1. The van der Waals surface area contributed by atoms with Gasteiger partial charge in [0.15, 0.2) is 5.96 Å². The Labute approximate surface area is 170 Å². The largest absolute Gasteiger partial charge is 0.380 e. The van der Waals surface area contributed by atoms with Crippen LogP contribution in [0, 0.1) is 6.92 Å². The molecule has 0 spiro atoms. The van der Waals surface area contributed by atoms with Crippen molar-refractivity contribution in [2.45, 2.75) is 20.1 Å². The van der Waals surface area contributed by atoms with Gasteiger partial charge in [0.05, 0.1) is 24.2 Å². The molecule has 0 radical (unpaired) electrons. The fourth-order valence-electron chi connectivity index (χ4n) is 2.85. The molecule has 0 amide bonds. The van der Waals surface area contributed by atoms with Crippen LogP contribution in [0.1, 0.15) is 11.4 Å². The number of hydrogen-bond acceptors (Lipinski definition) is 3. The third-order valence-electron chi connectivity index (χ3n) is 4.03. The van der Waals surface area contributed by atoms with Crippen molar-refractivity contribution in [3.05, 3.63) is 59.9 Å². The first kappa shape index (κ1) is 20.2. The Bertz CT molecular complexity index is 891. The summed E-state index contributed by atoms with van der Waals surface area (Å²) in [6, 6.07) is 16.0. The molecule has 1 heterocycles. The number of imidazole rings is 1. The number of aliphatic imine (C=N–C) groups is 1. The summed E-state index contributed by atoms with van der Waals surface area (Å²) in [6.07, 6.45) is 0. The molecule has 26 heavy (non-hydrogen) atoms. The third kappa shape index (κ3) is 4.73. The van der Waals surface area contributed by atoms with Gasteiger partial charge in [-0.3, -0.25) is 4.99 Å². The van der Waals surface area contributed by atoms with E-state index in [1.54, 1.807) is 7.11 Å². The van der Waals surface area contributed by atoms with Crippen LogP contribution in [0.4, 0.5) is 5.69 Å². The Morgan fingerprint density at radius 2 is 1.92 bits per heavy atom. The molecule has 0 unspecified atom stereocenters. The van der Waals surface area contributed by atoms with Gasteiger partial charge in [-0.25, -0.2) is 4.98 Å². The van der Waals surface area contributed by atoms with Crippen molar-refractivity contribution in [2.75, 3.05) is 19.0 Å². The molecule has 0 fully saturated rings. The Morgan fingerprint density at radius 1 is 1.19 bits per heavy atom. The van der Waals surface area contributed by atoms with Gasteiger partial charge < -0.3 is 20.4 Å². The Morgan fingerprint density at radius 3 is 2.73 bits per heavy atom. The van der Waals surface area contributed by atoms with Gasteiger partial charge in [0, 0.05) is 24.9 Å². The second-order valence-corrected chi connectivity index (χ2v) is 5.78. The highest BCUT2D eigenvalue weighted by Crippen LogP contribution is 2.16. The van der Waals surface area contributed by atoms with E-state index >= 15 is 0 Å². The molecule has 0 aliphatic heterocycles. The molecule has 6 nitrogen and oxygen atoms in total. The van der Waals surface area contributed by atoms with E-state index in [1.165, 1.54) is 0 Å². The molecule has 0 bridgehead atoms. The molecule has 3 rings (SSSR count). The lowest BCUT2D eigenvalue weighted by atomic mass is 10.2. The summed E-state index contributed by atoms with van der Waals surface area (Å²) in [6.45, 7) is 3.84. The number of hydrogen-bond donors (Lipinski definition) is 2. The van der Waals surface area contributed by atoms with Crippen molar-refractivity contribution in [1.29, 1.82) is 0 Å². The number of nitrogens with one attached hydrogen (secondary N) is 1. The van der Waals surface area contributed by atoms with Crippen molar-refractivity contribution < 1.29 is 4.74 Å². The molecule has 0 aliphatic rings. The van der Waals surface area contributed by atoms with Gasteiger partial charge in [-0.1, -0.05) is 30.3 Å². The molecule has 0 saturated carbocycles. The van der Waals surface area contributed by atoms with E-state index in [-0.39, 0.29) is 24.0 Å². The number of para-hydroxylation sites is 3. The van der Waals surface area contributed by atoms with E-state index in [0.29, 0.717) is 19.1 Å². The fourth-order valence-corrected chi connectivity index (χ4v) is 2.85. The number of rotatable bonds is 6. The van der Waals surface area contributed by atoms with Crippen molar-refractivity contribution in [3.63, 3.8) is 0 Å². The first-order valence-corrected chi connectivity index (χ1v) is 8.24. The second kappa shape index (κ2) is 9.54. The van der Waals surface area contributed by atoms with Crippen molar-refractivity contribution in [3.8, 4) is 0 Å². The molecule has 0 saturated heterocycles. The van der Waals surface area contributed by atoms with Gasteiger partial charge in [-0.05, 0) is 25.1 Å². The zero-order valence-electron chi connectivity index (χ0n) is 15.0. The highest BCUT2D eigenvalue weighted by atomic mass is 127. The summed E-state index contributed by atoms with van der Waals surface area (Å²) >= 11 is 0. The van der Waals surface area contributed by atoms with Gasteiger partial charge >= 0.3 is 0 Å². The molecule has 1 aromatic heterocycles. The fraction of sp³-hybridized carbons (Fsp3) is 0.263. The smallest absolute Gasteiger partial charge is 0.193 e. The van der Waals surface area contributed by atoms with Gasteiger partial charge in [0.1, 0.15) is 5.82 Å². The predicted molar refractivity (Wildman–Crippen MR) is 117 cm³/mol. The number of aryl methyl sites for hydroxylation is 1. The number of aromatic nitrogens is 2. The molecule has 3 N–H and O–H groups in total. The maximum absolute atomic E-state index is 6.03. The number of fused-ring (bicyclic) bond motifs is 1. The molecular weight excluding hydrogens is 441 g/mol. The summed E-state index contributed by atoms with van der Waals surface area (Å²) in [7, 11) is 1.67. The summed E-state index contributed by atoms with van der Waals surface area (Å²) < 4.78 is 7.36. The van der Waals surface area contributed by atoms with Gasteiger partial charge in [-0.15, -0.1) is 24.0 Å². The molecule has 7 heteroatoms. The van der Waals surface area contributed by atoms with Crippen LogP contribution < -0.4 is 11.1 Å². The molecule has 0 atom stereocenters. The lowest BCUT2D eigenvalue weighted by molar-refractivity contribution is 0.185. The minimum Gasteiger partial charge on any atom is -0.380 e. The average Bonchev–Trinajstić information content (AvgIpc) is 2.93. The first-order chi connectivity index (χ1) is 12.2. The highest BCUT2D eigenvalue weighted by Gasteiger charge is 2.06. The number of nitrogens with zero attached hydrogens (tertiary/aromatic N) is 3. The van der Waals surface area contributed by atoms with E-state index in [4.69, 9.17) is 10.5 Å². The minimum absolute atomic E-state index is 0. The highest BCUT2D eigenvalue weighted by molar-refractivity contribution is 14.0. The van der Waals surface area contributed by atoms with Crippen molar-refractivity contribution >= 4 is 46.7 Å². The van der Waals surface area contributed by atoms with Gasteiger partial charge in [0.2, 0.25) is 0 Å². The first-order valence-electron chi connectivity index (χ1n) is 8.24. The van der Waals surface area contributed by atoms with Gasteiger partial charge in [0.25, 0.3) is 0 Å². The number of halogens is 1. The van der Waals surface area contributed by atoms with Crippen LogP contribution in [0.25, 0.3) is 11.0 Å². The second-order valence-electron chi connectivity index (χ2n) is 5.78. The number of guanidine groups is 1. The minimum atomic E-state index is 0. The van der Waals surface area contributed by atoms with Crippen molar-refractivity contribution in [1.82, 2.24) is 9.55 Å². The van der Waals surface area contributed by atoms with Gasteiger partial charge in [-0.2, -0.15) is 0 Å². The topological polar surface area (TPSA) is 77.5 Å². The predicted octanol–water partition coefficient (Wildman–Crippen LogP) is 3.54. The molecule has 3 aromatic rings. The van der Waals surface area contributed by atoms with E-state index in [1.807, 2.05) is 49.4 Å². The Balaban J connectivity index is 0.00000243. The zero-order chi connectivity index (χ0) is 17.6. The SMILES string of the molecule is COCc1ccccc1NC(N)=NCCn1c(C)nc2ccccc21.I. The monoisotopic (exact) mass is 465 g/mol. The normalized spacial score (nSPS) is 11.4. The van der Waals surface area contributed by atoms with Crippen molar-refractivity contribution in [2.24, 2.45) is 10.7 Å². The number of nitrogens with two attached hydrogens (primary N) is 1. The molecule has 0 aliphatic carbocycles. The van der Waals surface area contributed by atoms with Crippen LogP contribution in [0.5, 0.6) is 0 Å². The summed E-state index contributed by atoms with van der Waals surface area (Å²) in [5.74, 6) is 1.37. The number of methoxy groups -OCH3 is 1. The van der Waals surface area contributed by atoms with Crippen LogP contribution in [0.15, 0.2) is 53.5 Å². The van der Waals surface area contributed by atoms with Crippen LogP contribution >= 0.6 is 24.0 Å².